The highest BCUT2D eigenvalue weighted by Gasteiger charge is 2.27. The van der Waals surface area contributed by atoms with E-state index in [1.165, 1.54) is 0 Å². The molecule has 5 heteroatoms. The average molecular weight is 102 g/mol. The van der Waals surface area contributed by atoms with E-state index in [2.05, 4.69) is 10.9 Å². The van der Waals surface area contributed by atoms with Crippen LogP contribution < -0.4 is 10.9 Å². The van der Waals surface area contributed by atoms with Gasteiger partial charge in [-0.2, -0.15) is 4.94 Å². The molecule has 2 aliphatic heterocycles. The van der Waals surface area contributed by atoms with Gasteiger partial charge in [0.2, 0.25) is 0 Å². The maximum atomic E-state index is 4.92. The smallest absolute Gasteiger partial charge is 0.107 e. The summed E-state index contributed by atoms with van der Waals surface area (Å²) in [5.74, 6) is 0. The SMILES string of the molecule is C1NN1ON1CN1. The van der Waals surface area contributed by atoms with E-state index in [1.807, 2.05) is 0 Å². The monoisotopic (exact) mass is 102 g/mol. The largest absolute Gasteiger partial charge is 0.210 e. The van der Waals surface area contributed by atoms with Crippen LogP contribution in [0.2, 0.25) is 0 Å². The van der Waals surface area contributed by atoms with Crippen molar-refractivity contribution in [3.8, 4) is 0 Å². The van der Waals surface area contributed by atoms with Crippen molar-refractivity contribution < 1.29 is 4.94 Å². The number of nitrogens with zero attached hydrogens (tertiary/aromatic N) is 2. The lowest BCUT2D eigenvalue weighted by atomic mass is 11.4. The molecule has 2 N–H and O–H groups in total. The second-order valence-electron chi connectivity index (χ2n) is 1.47. The molecule has 7 heavy (non-hydrogen) atoms. The van der Waals surface area contributed by atoms with Crippen molar-refractivity contribution >= 4 is 0 Å². The van der Waals surface area contributed by atoms with Crippen LogP contribution in [0.1, 0.15) is 0 Å². The molecular formula is C2H6N4O. The molecule has 2 unspecified atom stereocenters. The zero-order valence-corrected chi connectivity index (χ0v) is 3.72. The first-order valence-corrected chi connectivity index (χ1v) is 2.15. The fraction of sp³-hybridized carbons (Fsp3) is 1.00. The van der Waals surface area contributed by atoms with Gasteiger partial charge >= 0.3 is 0 Å². The minimum Gasteiger partial charge on any atom is -0.210 e. The highest BCUT2D eigenvalue weighted by Crippen LogP contribution is 2.02. The summed E-state index contributed by atoms with van der Waals surface area (Å²) in [6, 6.07) is 0. The number of hydrazine groups is 2. The van der Waals surface area contributed by atoms with Crippen molar-refractivity contribution in [3.63, 3.8) is 0 Å². The first-order chi connectivity index (χ1) is 3.45. The summed E-state index contributed by atoms with van der Waals surface area (Å²) in [4.78, 5) is 4.92. The topological polar surface area (TPSA) is 59.1 Å². The summed E-state index contributed by atoms with van der Waals surface area (Å²) in [6.45, 7) is 1.66. The van der Waals surface area contributed by atoms with Crippen molar-refractivity contribution in [2.75, 3.05) is 13.3 Å². The van der Waals surface area contributed by atoms with Crippen molar-refractivity contribution in [2.45, 2.75) is 0 Å². The van der Waals surface area contributed by atoms with E-state index in [0.29, 0.717) is 0 Å². The Kier molecular flexibility index (Phi) is 0.615. The van der Waals surface area contributed by atoms with Crippen LogP contribution in [-0.4, -0.2) is 23.7 Å². The maximum Gasteiger partial charge on any atom is 0.107 e. The predicted molar refractivity (Wildman–Crippen MR) is 20.8 cm³/mol. The van der Waals surface area contributed by atoms with Gasteiger partial charge in [-0.05, 0) is 0 Å². The van der Waals surface area contributed by atoms with Gasteiger partial charge in [-0.1, -0.05) is 10.3 Å². The molecule has 0 radical (unpaired) electrons. The van der Waals surface area contributed by atoms with Crippen molar-refractivity contribution in [2.24, 2.45) is 0 Å². The molecule has 0 bridgehead atoms. The second kappa shape index (κ2) is 1.15. The molecule has 2 aliphatic rings. The first-order valence-electron chi connectivity index (χ1n) is 2.15. The molecular weight excluding hydrogens is 96.0 g/mol. The van der Waals surface area contributed by atoms with Crippen LogP contribution >= 0.6 is 0 Å². The van der Waals surface area contributed by atoms with Crippen molar-refractivity contribution in [1.29, 1.82) is 0 Å². The zero-order chi connectivity index (χ0) is 4.69. The molecule has 0 amide bonds. The summed E-state index contributed by atoms with van der Waals surface area (Å²) < 4.78 is 0. The Morgan fingerprint density at radius 2 is 1.57 bits per heavy atom. The van der Waals surface area contributed by atoms with Gasteiger partial charge in [0.1, 0.15) is 13.3 Å². The molecule has 0 aromatic heterocycles. The van der Waals surface area contributed by atoms with Gasteiger partial charge < -0.3 is 0 Å². The first kappa shape index (κ1) is 3.76. The van der Waals surface area contributed by atoms with Crippen LogP contribution in [0.5, 0.6) is 0 Å². The molecule has 40 valence electrons. The molecule has 0 aromatic carbocycles. The van der Waals surface area contributed by atoms with Gasteiger partial charge in [-0.25, -0.2) is 10.9 Å². The van der Waals surface area contributed by atoms with Crippen LogP contribution in [0.4, 0.5) is 0 Å². The van der Waals surface area contributed by atoms with Gasteiger partial charge in [0.05, 0.1) is 0 Å². The van der Waals surface area contributed by atoms with Gasteiger partial charge in [-0.15, -0.1) is 0 Å². The predicted octanol–water partition coefficient (Wildman–Crippen LogP) is -1.61. The fourth-order valence-electron chi connectivity index (χ4n) is 0.292. The van der Waals surface area contributed by atoms with Crippen LogP contribution in [-0.2, 0) is 4.94 Å². The standard InChI is InChI=1S/C2H6N4O/c1-3-5(1)7-6-2-4-6/h3-4H,1-2H2. The number of nitrogens with one attached hydrogen (secondary N) is 2. The average Bonchev–Trinajstić information content (AvgIpc) is 2.33. The van der Waals surface area contributed by atoms with Crippen molar-refractivity contribution in [3.05, 3.63) is 0 Å². The van der Waals surface area contributed by atoms with Gasteiger partial charge in [-0.3, -0.25) is 0 Å². The molecule has 0 aliphatic carbocycles. The summed E-state index contributed by atoms with van der Waals surface area (Å²) in [5, 5.41) is 3.25. The Morgan fingerprint density at radius 3 is 1.86 bits per heavy atom. The van der Waals surface area contributed by atoms with E-state index >= 15 is 0 Å². The second-order valence-corrected chi connectivity index (χ2v) is 1.47. The maximum absolute atomic E-state index is 4.92. The van der Waals surface area contributed by atoms with Crippen LogP contribution in [0.15, 0.2) is 0 Å². The van der Waals surface area contributed by atoms with Gasteiger partial charge in [0.25, 0.3) is 0 Å². The summed E-state index contributed by atoms with van der Waals surface area (Å²) >= 11 is 0. The van der Waals surface area contributed by atoms with Crippen LogP contribution in [0.25, 0.3) is 0 Å². The highest BCUT2D eigenvalue weighted by molar-refractivity contribution is 4.47. The molecule has 2 atom stereocenters. The molecule has 2 rings (SSSR count). The molecule has 0 spiro atoms. The van der Waals surface area contributed by atoms with E-state index in [0.717, 1.165) is 13.3 Å². The Morgan fingerprint density at radius 1 is 1.14 bits per heavy atom. The normalized spacial score (nSPS) is 46.3. The number of hydroxylamine groups is 2. The summed E-state index contributed by atoms with van der Waals surface area (Å²) in [7, 11) is 0. The van der Waals surface area contributed by atoms with Crippen LogP contribution in [0, 0.1) is 0 Å². The molecule has 2 fully saturated rings. The molecule has 5 nitrogen and oxygen atoms in total. The fourth-order valence-corrected chi connectivity index (χ4v) is 0.292. The lowest BCUT2D eigenvalue weighted by molar-refractivity contribution is -0.230. The third-order valence-corrected chi connectivity index (χ3v) is 0.772. The molecule has 0 saturated carbocycles. The van der Waals surface area contributed by atoms with E-state index in [4.69, 9.17) is 4.94 Å². The molecule has 2 heterocycles. The number of rotatable bonds is 2. The van der Waals surface area contributed by atoms with E-state index in [-0.39, 0.29) is 0 Å². The minimum atomic E-state index is 0.832. The lowest BCUT2D eigenvalue weighted by Gasteiger charge is -1.93. The molecule has 0 aromatic rings. The van der Waals surface area contributed by atoms with E-state index in [1.54, 1.807) is 10.3 Å². The quantitative estimate of drug-likeness (QED) is 0.411. The van der Waals surface area contributed by atoms with Crippen LogP contribution in [0.3, 0.4) is 0 Å². The lowest BCUT2D eigenvalue weighted by Crippen LogP contribution is -2.09. The Balaban J connectivity index is 1.69. The number of hydrogen-bond donors (Lipinski definition) is 2. The third kappa shape index (κ3) is 0.872. The zero-order valence-electron chi connectivity index (χ0n) is 3.72. The van der Waals surface area contributed by atoms with E-state index in [9.17, 15) is 0 Å². The third-order valence-electron chi connectivity index (χ3n) is 0.772. The summed E-state index contributed by atoms with van der Waals surface area (Å²) in [5.41, 5.74) is 5.67. The minimum absolute atomic E-state index is 0.832. The van der Waals surface area contributed by atoms with Gasteiger partial charge in [0.15, 0.2) is 0 Å². The Bertz CT molecular complexity index is 67.8. The van der Waals surface area contributed by atoms with E-state index < -0.39 is 0 Å². The molecule has 2 saturated heterocycles. The number of hydrogen-bond acceptors (Lipinski definition) is 5. The van der Waals surface area contributed by atoms with Gasteiger partial charge in [0, 0.05) is 0 Å². The Labute approximate surface area is 40.7 Å². The van der Waals surface area contributed by atoms with Crippen molar-refractivity contribution in [1.82, 2.24) is 21.2 Å². The highest BCUT2D eigenvalue weighted by atomic mass is 16.9. The summed E-state index contributed by atoms with van der Waals surface area (Å²) in [6.07, 6.45) is 0. The Hall–Kier alpha value is -0.200.